The van der Waals surface area contributed by atoms with E-state index in [0.29, 0.717) is 30.4 Å². The van der Waals surface area contributed by atoms with Crippen molar-refractivity contribution in [2.45, 2.75) is 25.8 Å². The minimum Gasteiger partial charge on any atom is -0.493 e. The smallest absolute Gasteiger partial charge is 0.227 e. The topological polar surface area (TPSA) is 64.8 Å². The zero-order valence-corrected chi connectivity index (χ0v) is 13.0. The van der Waals surface area contributed by atoms with Gasteiger partial charge in [-0.1, -0.05) is 13.0 Å². The molecule has 21 heavy (non-hydrogen) atoms. The van der Waals surface area contributed by atoms with Gasteiger partial charge in [-0.25, -0.2) is 0 Å². The van der Waals surface area contributed by atoms with Crippen molar-refractivity contribution in [3.05, 3.63) is 23.8 Å². The Labute approximate surface area is 126 Å². The number of carbonyl (C=O) groups excluding carboxylic acids is 1. The van der Waals surface area contributed by atoms with Gasteiger partial charge in [-0.2, -0.15) is 0 Å². The maximum absolute atomic E-state index is 12.5. The van der Waals surface area contributed by atoms with Crippen molar-refractivity contribution in [1.29, 1.82) is 0 Å². The van der Waals surface area contributed by atoms with Crippen LogP contribution in [0.15, 0.2) is 18.2 Å². The van der Waals surface area contributed by atoms with Crippen molar-refractivity contribution in [2.24, 2.45) is 11.7 Å². The first kappa shape index (κ1) is 15.6. The number of hydrogen-bond acceptors (Lipinski definition) is 4. The second-order valence-corrected chi connectivity index (χ2v) is 5.52. The van der Waals surface area contributed by atoms with Crippen LogP contribution in [0.2, 0.25) is 0 Å². The van der Waals surface area contributed by atoms with E-state index in [1.54, 1.807) is 14.2 Å². The molecule has 116 valence electrons. The van der Waals surface area contributed by atoms with Gasteiger partial charge in [0.25, 0.3) is 0 Å². The number of ether oxygens (including phenoxy) is 2. The quantitative estimate of drug-likeness (QED) is 0.892. The fraction of sp³-hybridized carbons (Fsp3) is 0.562. The van der Waals surface area contributed by atoms with Gasteiger partial charge in [0.2, 0.25) is 5.91 Å². The van der Waals surface area contributed by atoms with E-state index in [0.717, 1.165) is 18.5 Å². The molecular weight excluding hydrogens is 268 g/mol. The summed E-state index contributed by atoms with van der Waals surface area (Å²) in [5.41, 5.74) is 6.72. The van der Waals surface area contributed by atoms with Crippen molar-refractivity contribution in [1.82, 2.24) is 4.90 Å². The normalized spacial score (nSPS) is 21.4. The molecule has 1 aromatic carbocycles. The standard InChI is InChI=1S/C16H24N2O3/c1-11-6-7-18(13(11)10-17)16(19)9-12-4-5-14(20-2)15(8-12)21-3/h4-5,8,11,13H,6-7,9-10,17H2,1-3H3. The fourth-order valence-corrected chi connectivity index (χ4v) is 2.94. The van der Waals surface area contributed by atoms with Gasteiger partial charge in [-0.05, 0) is 30.0 Å². The molecule has 5 heteroatoms. The zero-order valence-electron chi connectivity index (χ0n) is 13.0. The van der Waals surface area contributed by atoms with Gasteiger partial charge in [-0.15, -0.1) is 0 Å². The summed E-state index contributed by atoms with van der Waals surface area (Å²) in [6.07, 6.45) is 1.39. The van der Waals surface area contributed by atoms with Crippen LogP contribution in [0.1, 0.15) is 18.9 Å². The Morgan fingerprint density at radius 2 is 2.05 bits per heavy atom. The van der Waals surface area contributed by atoms with Crippen molar-refractivity contribution < 1.29 is 14.3 Å². The third-order valence-corrected chi connectivity index (χ3v) is 4.25. The lowest BCUT2D eigenvalue weighted by molar-refractivity contribution is -0.131. The summed E-state index contributed by atoms with van der Waals surface area (Å²) in [5, 5.41) is 0. The van der Waals surface area contributed by atoms with Gasteiger partial charge in [-0.3, -0.25) is 4.79 Å². The molecule has 5 nitrogen and oxygen atoms in total. The van der Waals surface area contributed by atoms with Gasteiger partial charge >= 0.3 is 0 Å². The van der Waals surface area contributed by atoms with Crippen LogP contribution < -0.4 is 15.2 Å². The second kappa shape index (κ2) is 6.80. The summed E-state index contributed by atoms with van der Waals surface area (Å²) < 4.78 is 10.5. The Morgan fingerprint density at radius 3 is 2.67 bits per heavy atom. The highest BCUT2D eigenvalue weighted by molar-refractivity contribution is 5.79. The molecule has 1 fully saturated rings. The first-order valence-electron chi connectivity index (χ1n) is 7.31. The molecule has 2 unspecified atom stereocenters. The van der Waals surface area contributed by atoms with Crippen LogP contribution in [-0.2, 0) is 11.2 Å². The number of nitrogens with two attached hydrogens (primary N) is 1. The number of nitrogens with zero attached hydrogens (tertiary/aromatic N) is 1. The van der Waals surface area contributed by atoms with E-state index in [4.69, 9.17) is 15.2 Å². The summed E-state index contributed by atoms with van der Waals surface area (Å²) in [6, 6.07) is 5.75. The maximum Gasteiger partial charge on any atom is 0.227 e. The monoisotopic (exact) mass is 292 g/mol. The number of benzene rings is 1. The van der Waals surface area contributed by atoms with Crippen molar-refractivity contribution in [3.8, 4) is 11.5 Å². The van der Waals surface area contributed by atoms with E-state index in [2.05, 4.69) is 6.92 Å². The Bertz CT molecular complexity index is 504. The highest BCUT2D eigenvalue weighted by atomic mass is 16.5. The highest BCUT2D eigenvalue weighted by Gasteiger charge is 2.33. The first-order valence-corrected chi connectivity index (χ1v) is 7.31. The van der Waals surface area contributed by atoms with Crippen molar-refractivity contribution in [2.75, 3.05) is 27.3 Å². The minimum atomic E-state index is 0.127. The van der Waals surface area contributed by atoms with Crippen LogP contribution in [0.4, 0.5) is 0 Å². The molecule has 1 aliphatic rings. The molecular formula is C16H24N2O3. The van der Waals surface area contributed by atoms with Crippen molar-refractivity contribution in [3.63, 3.8) is 0 Å². The number of carbonyl (C=O) groups is 1. The summed E-state index contributed by atoms with van der Waals surface area (Å²) in [6.45, 7) is 3.48. The van der Waals surface area contributed by atoms with Gasteiger partial charge in [0.05, 0.1) is 20.6 Å². The molecule has 1 saturated heterocycles. The first-order chi connectivity index (χ1) is 10.1. The predicted octanol–water partition coefficient (Wildman–Crippen LogP) is 1.44. The molecule has 0 aliphatic carbocycles. The van der Waals surface area contributed by atoms with Gasteiger partial charge in [0.15, 0.2) is 11.5 Å². The summed E-state index contributed by atoms with van der Waals surface area (Å²) >= 11 is 0. The highest BCUT2D eigenvalue weighted by Crippen LogP contribution is 2.29. The molecule has 2 rings (SSSR count). The van der Waals surface area contributed by atoms with Gasteiger partial charge < -0.3 is 20.1 Å². The summed E-state index contributed by atoms with van der Waals surface area (Å²) in [7, 11) is 3.19. The molecule has 0 aromatic heterocycles. The average molecular weight is 292 g/mol. The molecule has 0 bridgehead atoms. The molecule has 1 heterocycles. The molecule has 0 radical (unpaired) electrons. The molecule has 0 saturated carbocycles. The predicted molar refractivity (Wildman–Crippen MR) is 81.6 cm³/mol. The van der Waals surface area contributed by atoms with Crippen molar-refractivity contribution >= 4 is 5.91 Å². The lowest BCUT2D eigenvalue weighted by atomic mass is 10.0. The maximum atomic E-state index is 12.5. The molecule has 2 atom stereocenters. The zero-order chi connectivity index (χ0) is 15.4. The van der Waals surface area contributed by atoms with Crippen LogP contribution >= 0.6 is 0 Å². The Morgan fingerprint density at radius 1 is 1.33 bits per heavy atom. The van der Waals surface area contributed by atoms with Crippen LogP contribution in [0.25, 0.3) is 0 Å². The van der Waals surface area contributed by atoms with Crippen LogP contribution in [0, 0.1) is 5.92 Å². The largest absolute Gasteiger partial charge is 0.493 e. The third-order valence-electron chi connectivity index (χ3n) is 4.25. The molecule has 2 N–H and O–H groups in total. The lowest BCUT2D eigenvalue weighted by Crippen LogP contribution is -2.42. The van der Waals surface area contributed by atoms with E-state index >= 15 is 0 Å². The summed E-state index contributed by atoms with van der Waals surface area (Å²) in [4.78, 5) is 14.4. The number of hydrogen-bond donors (Lipinski definition) is 1. The number of rotatable bonds is 5. The minimum absolute atomic E-state index is 0.127. The van der Waals surface area contributed by atoms with E-state index < -0.39 is 0 Å². The number of likely N-dealkylation sites (tertiary alicyclic amines) is 1. The van der Waals surface area contributed by atoms with Gasteiger partial charge in [0.1, 0.15) is 0 Å². The number of methoxy groups -OCH3 is 2. The summed E-state index contributed by atoms with van der Waals surface area (Å²) in [5.74, 6) is 1.92. The molecule has 1 amide bonds. The lowest BCUT2D eigenvalue weighted by Gasteiger charge is -2.26. The fourth-order valence-electron chi connectivity index (χ4n) is 2.94. The van der Waals surface area contributed by atoms with E-state index in [9.17, 15) is 4.79 Å². The van der Waals surface area contributed by atoms with E-state index in [-0.39, 0.29) is 11.9 Å². The Hall–Kier alpha value is -1.75. The number of amides is 1. The van der Waals surface area contributed by atoms with Crippen LogP contribution in [0.3, 0.4) is 0 Å². The van der Waals surface area contributed by atoms with Crippen LogP contribution in [0.5, 0.6) is 11.5 Å². The SMILES string of the molecule is COc1ccc(CC(=O)N2CCC(C)C2CN)cc1OC. The molecule has 1 aliphatic heterocycles. The van der Waals surface area contributed by atoms with E-state index in [1.165, 1.54) is 0 Å². The average Bonchev–Trinajstić information content (AvgIpc) is 2.87. The van der Waals surface area contributed by atoms with Crippen LogP contribution in [-0.4, -0.2) is 44.2 Å². The Kier molecular flexibility index (Phi) is 5.07. The van der Waals surface area contributed by atoms with Gasteiger partial charge in [0, 0.05) is 19.1 Å². The third kappa shape index (κ3) is 3.29. The Balaban J connectivity index is 2.09. The second-order valence-electron chi connectivity index (χ2n) is 5.52. The van der Waals surface area contributed by atoms with E-state index in [1.807, 2.05) is 23.1 Å². The molecule has 0 spiro atoms. The molecule has 1 aromatic rings.